The van der Waals surface area contributed by atoms with E-state index >= 15 is 0 Å². The molecule has 1 aliphatic heterocycles. The molecule has 5 heterocycles. The number of fused-ring (bicyclic) bond motifs is 1. The number of hydrogen-bond acceptors (Lipinski definition) is 6. The molecule has 0 unspecified atom stereocenters. The van der Waals surface area contributed by atoms with E-state index in [1.54, 1.807) is 35.4 Å². The molecule has 0 atom stereocenters. The Morgan fingerprint density at radius 2 is 1.92 bits per heavy atom. The quantitative estimate of drug-likeness (QED) is 0.371. The van der Waals surface area contributed by atoms with E-state index in [2.05, 4.69) is 35.6 Å². The summed E-state index contributed by atoms with van der Waals surface area (Å²) >= 11 is 0. The first-order valence-electron chi connectivity index (χ1n) is 12.7. The number of aromatic nitrogens is 5. The van der Waals surface area contributed by atoms with Crippen LogP contribution in [-0.4, -0.2) is 60.1 Å². The molecule has 10 nitrogen and oxygen atoms in total. The van der Waals surface area contributed by atoms with Gasteiger partial charge in [0.2, 0.25) is 5.91 Å². The molecule has 3 N–H and O–H groups in total. The Balaban J connectivity index is 1.14. The number of likely N-dealkylation sites (tertiary alicyclic amines) is 1. The fourth-order valence-electron chi connectivity index (χ4n) is 5.26. The van der Waals surface area contributed by atoms with Crippen molar-refractivity contribution in [1.29, 1.82) is 0 Å². The Hall–Kier alpha value is -4.05. The predicted octanol–water partition coefficient (Wildman–Crippen LogP) is 3.88. The van der Waals surface area contributed by atoms with Crippen LogP contribution in [0.2, 0.25) is 0 Å². The van der Waals surface area contributed by atoms with Gasteiger partial charge in [0.05, 0.1) is 47.3 Å². The van der Waals surface area contributed by atoms with Gasteiger partial charge in [-0.3, -0.25) is 24.2 Å². The zero-order chi connectivity index (χ0) is 25.6. The Kier molecular flexibility index (Phi) is 5.75. The van der Waals surface area contributed by atoms with Crippen molar-refractivity contribution in [2.24, 2.45) is 7.05 Å². The summed E-state index contributed by atoms with van der Waals surface area (Å²) in [5.41, 5.74) is 4.98. The number of nitrogens with one attached hydrogen (secondary N) is 3. The highest BCUT2D eigenvalue weighted by Crippen LogP contribution is 2.48. The number of hydrogen-bond donors (Lipinski definition) is 3. The van der Waals surface area contributed by atoms with Gasteiger partial charge in [-0.1, -0.05) is 6.42 Å². The van der Waals surface area contributed by atoms with E-state index < -0.39 is 0 Å². The van der Waals surface area contributed by atoms with E-state index in [1.807, 2.05) is 26.2 Å². The second kappa shape index (κ2) is 9.11. The fourth-order valence-corrected chi connectivity index (χ4v) is 5.26. The Labute approximate surface area is 214 Å². The van der Waals surface area contributed by atoms with E-state index in [-0.39, 0.29) is 17.4 Å². The van der Waals surface area contributed by atoms with Crippen LogP contribution in [0.4, 0.5) is 11.4 Å². The highest BCUT2D eigenvalue weighted by atomic mass is 16.2. The first kappa shape index (κ1) is 23.4. The number of aromatic amines is 1. The number of piperidine rings is 1. The fraction of sp³-hybridized carbons (Fsp3) is 0.370. The lowest BCUT2D eigenvalue weighted by molar-refractivity contribution is -0.118. The Morgan fingerprint density at radius 3 is 2.70 bits per heavy atom. The van der Waals surface area contributed by atoms with Crippen molar-refractivity contribution in [1.82, 2.24) is 29.6 Å². The molecule has 1 spiro atoms. The third-order valence-electron chi connectivity index (χ3n) is 7.52. The smallest absolute Gasteiger partial charge is 0.257 e. The third kappa shape index (κ3) is 4.72. The number of carbonyl (C=O) groups excluding carboxylic acids is 2. The maximum absolute atomic E-state index is 13.1. The molecule has 4 aromatic rings. The minimum absolute atomic E-state index is 0.0531. The van der Waals surface area contributed by atoms with Gasteiger partial charge in [-0.15, -0.1) is 0 Å². The molecule has 2 aliphatic rings. The summed E-state index contributed by atoms with van der Waals surface area (Å²) in [4.78, 5) is 40.3. The number of pyridine rings is 2. The highest BCUT2D eigenvalue weighted by molar-refractivity contribution is 6.06. The van der Waals surface area contributed by atoms with Crippen molar-refractivity contribution in [3.63, 3.8) is 0 Å². The molecule has 4 aromatic heterocycles. The second-order valence-corrected chi connectivity index (χ2v) is 10.2. The standard InChI is InChI=1S/C27H30N8O2/c1-17-22(11-21(14-28-17)31-24(36)16-35-8-4-3-5-27(35)6-7-27)33-26(37)19-9-18-10-23(32-25(18)29-12-19)20-13-30-34(2)15-20/h9-15H,3-8,16H2,1-2H3,(H,29,32)(H,31,36)(H,33,37). The van der Waals surface area contributed by atoms with E-state index in [4.69, 9.17) is 0 Å². The second-order valence-electron chi connectivity index (χ2n) is 10.2. The van der Waals surface area contributed by atoms with Crippen LogP contribution in [-0.2, 0) is 11.8 Å². The van der Waals surface area contributed by atoms with E-state index in [0.29, 0.717) is 34.8 Å². The molecule has 10 heteroatoms. The van der Waals surface area contributed by atoms with Crippen LogP contribution >= 0.6 is 0 Å². The predicted molar refractivity (Wildman–Crippen MR) is 141 cm³/mol. The topological polar surface area (TPSA) is 121 Å². The molecule has 0 radical (unpaired) electrons. The van der Waals surface area contributed by atoms with Crippen molar-refractivity contribution in [3.8, 4) is 11.3 Å². The lowest BCUT2D eigenvalue weighted by Crippen LogP contribution is -2.45. The molecule has 190 valence electrons. The van der Waals surface area contributed by atoms with Crippen LogP contribution in [0.3, 0.4) is 0 Å². The third-order valence-corrected chi connectivity index (χ3v) is 7.52. The zero-order valence-corrected chi connectivity index (χ0v) is 21.0. The molecule has 0 aromatic carbocycles. The number of H-pyrrole nitrogens is 1. The lowest BCUT2D eigenvalue weighted by atomic mass is 10.00. The largest absolute Gasteiger partial charge is 0.339 e. The molecule has 37 heavy (non-hydrogen) atoms. The van der Waals surface area contributed by atoms with Crippen molar-refractivity contribution in [3.05, 3.63) is 54.2 Å². The molecule has 2 amide bonds. The van der Waals surface area contributed by atoms with Gasteiger partial charge in [-0.25, -0.2) is 4.98 Å². The normalized spacial score (nSPS) is 16.7. The Morgan fingerprint density at radius 1 is 1.05 bits per heavy atom. The minimum Gasteiger partial charge on any atom is -0.339 e. The number of nitrogens with zero attached hydrogens (tertiary/aromatic N) is 5. The van der Waals surface area contributed by atoms with Crippen LogP contribution in [0.5, 0.6) is 0 Å². The molecule has 1 saturated heterocycles. The highest BCUT2D eigenvalue weighted by Gasteiger charge is 2.49. The summed E-state index contributed by atoms with van der Waals surface area (Å²) in [6, 6.07) is 5.51. The van der Waals surface area contributed by atoms with Gasteiger partial charge in [0.1, 0.15) is 5.65 Å². The molecule has 1 saturated carbocycles. The molecule has 1 aliphatic carbocycles. The SMILES string of the molecule is Cc1ncc(NC(=O)CN2CCCCC23CC3)cc1NC(=O)c1cnc2[nH]c(-c3cnn(C)c3)cc2c1. The van der Waals surface area contributed by atoms with Gasteiger partial charge in [0.15, 0.2) is 0 Å². The number of amides is 2. The van der Waals surface area contributed by atoms with Crippen LogP contribution < -0.4 is 10.6 Å². The van der Waals surface area contributed by atoms with Crippen molar-refractivity contribution < 1.29 is 9.59 Å². The van der Waals surface area contributed by atoms with Gasteiger partial charge in [0, 0.05) is 35.9 Å². The molecule has 6 rings (SSSR count). The maximum Gasteiger partial charge on any atom is 0.257 e. The van der Waals surface area contributed by atoms with Crippen molar-refractivity contribution in [2.45, 2.75) is 44.6 Å². The van der Waals surface area contributed by atoms with E-state index in [0.717, 1.165) is 29.6 Å². The first-order chi connectivity index (χ1) is 17.9. The number of carbonyl (C=O) groups is 2. The summed E-state index contributed by atoms with van der Waals surface area (Å²) in [5.74, 6) is -0.349. The number of rotatable bonds is 6. The summed E-state index contributed by atoms with van der Waals surface area (Å²) < 4.78 is 1.73. The number of aryl methyl sites for hydroxylation is 2. The van der Waals surface area contributed by atoms with Gasteiger partial charge < -0.3 is 15.6 Å². The van der Waals surface area contributed by atoms with Gasteiger partial charge in [0.25, 0.3) is 5.91 Å². The van der Waals surface area contributed by atoms with Gasteiger partial charge in [-0.05, 0) is 57.4 Å². The summed E-state index contributed by atoms with van der Waals surface area (Å²) in [5, 5.41) is 10.9. The number of anilines is 2. The van der Waals surface area contributed by atoms with Crippen LogP contribution in [0.25, 0.3) is 22.3 Å². The maximum atomic E-state index is 13.1. The summed E-state index contributed by atoms with van der Waals surface area (Å²) in [6.07, 6.45) is 12.8. The average molecular weight is 499 g/mol. The molecular formula is C27H30N8O2. The molecule has 2 fully saturated rings. The summed E-state index contributed by atoms with van der Waals surface area (Å²) in [7, 11) is 1.86. The zero-order valence-electron chi connectivity index (χ0n) is 21.0. The Bertz CT molecular complexity index is 1500. The minimum atomic E-state index is -0.295. The molecular weight excluding hydrogens is 468 g/mol. The van der Waals surface area contributed by atoms with Crippen LogP contribution in [0.1, 0.15) is 48.2 Å². The van der Waals surface area contributed by atoms with Crippen molar-refractivity contribution in [2.75, 3.05) is 23.7 Å². The average Bonchev–Trinajstić information content (AvgIpc) is 3.30. The van der Waals surface area contributed by atoms with Gasteiger partial charge >= 0.3 is 0 Å². The van der Waals surface area contributed by atoms with Crippen molar-refractivity contribution >= 4 is 34.2 Å². The van der Waals surface area contributed by atoms with E-state index in [9.17, 15) is 9.59 Å². The summed E-state index contributed by atoms with van der Waals surface area (Å²) in [6.45, 7) is 3.18. The first-order valence-corrected chi connectivity index (χ1v) is 12.7. The molecule has 0 bridgehead atoms. The van der Waals surface area contributed by atoms with Gasteiger partial charge in [-0.2, -0.15) is 5.10 Å². The van der Waals surface area contributed by atoms with Crippen LogP contribution in [0.15, 0.2) is 43.0 Å². The monoisotopic (exact) mass is 498 g/mol. The van der Waals surface area contributed by atoms with Crippen LogP contribution in [0, 0.1) is 6.92 Å². The van der Waals surface area contributed by atoms with E-state index in [1.165, 1.54) is 25.7 Å². The lowest BCUT2D eigenvalue weighted by Gasteiger charge is -2.35.